The Balaban J connectivity index is 1.55. The fourth-order valence-corrected chi connectivity index (χ4v) is 4.77. The van der Waals surface area contributed by atoms with Crippen LogP contribution in [-0.4, -0.2) is 75.2 Å². The highest BCUT2D eigenvalue weighted by Gasteiger charge is 2.24. The molecule has 0 spiro atoms. The molecule has 2 saturated heterocycles. The van der Waals surface area contributed by atoms with Gasteiger partial charge < -0.3 is 14.4 Å². The highest BCUT2D eigenvalue weighted by Crippen LogP contribution is 2.23. The van der Waals surface area contributed by atoms with Crippen molar-refractivity contribution in [1.29, 1.82) is 0 Å². The summed E-state index contributed by atoms with van der Waals surface area (Å²) in [7, 11) is 1.79. The summed E-state index contributed by atoms with van der Waals surface area (Å²) in [5.74, 6) is 0.800. The molecule has 0 bridgehead atoms. The summed E-state index contributed by atoms with van der Waals surface area (Å²) >= 11 is 1.83. The van der Waals surface area contributed by atoms with Crippen LogP contribution < -0.4 is 0 Å². The maximum absolute atomic E-state index is 5.95. The van der Waals surface area contributed by atoms with E-state index in [1.807, 2.05) is 11.8 Å². The SMILES string of the molecule is COCCN1CCC(CN(Cc2cccc(SC)c2)C[C@H]2CCCO2)CC1. The van der Waals surface area contributed by atoms with Gasteiger partial charge in [0.15, 0.2) is 0 Å². The predicted molar refractivity (Wildman–Crippen MR) is 114 cm³/mol. The van der Waals surface area contributed by atoms with Gasteiger partial charge in [-0.1, -0.05) is 12.1 Å². The van der Waals surface area contributed by atoms with Crippen molar-refractivity contribution >= 4 is 11.8 Å². The van der Waals surface area contributed by atoms with Gasteiger partial charge in [-0.3, -0.25) is 4.90 Å². The van der Waals surface area contributed by atoms with Gasteiger partial charge in [0.2, 0.25) is 0 Å². The van der Waals surface area contributed by atoms with Crippen LogP contribution in [0.1, 0.15) is 31.2 Å². The molecule has 1 aromatic rings. The lowest BCUT2D eigenvalue weighted by Crippen LogP contribution is -2.41. The smallest absolute Gasteiger partial charge is 0.0702 e. The molecule has 0 aliphatic carbocycles. The van der Waals surface area contributed by atoms with E-state index < -0.39 is 0 Å². The summed E-state index contributed by atoms with van der Waals surface area (Å²) in [5, 5.41) is 0. The van der Waals surface area contributed by atoms with Crippen LogP contribution in [-0.2, 0) is 16.0 Å². The van der Waals surface area contributed by atoms with Gasteiger partial charge >= 0.3 is 0 Å². The Morgan fingerprint density at radius 3 is 2.78 bits per heavy atom. The Morgan fingerprint density at radius 2 is 2.07 bits per heavy atom. The summed E-state index contributed by atoms with van der Waals surface area (Å²) in [6.07, 6.45) is 7.62. The fraction of sp³-hybridized carbons (Fsp3) is 0.727. The zero-order chi connectivity index (χ0) is 18.9. The average molecular weight is 393 g/mol. The van der Waals surface area contributed by atoms with E-state index in [2.05, 4.69) is 40.3 Å². The van der Waals surface area contributed by atoms with Gasteiger partial charge in [-0.2, -0.15) is 0 Å². The molecule has 1 atom stereocenters. The number of piperidine rings is 1. The van der Waals surface area contributed by atoms with Crippen LogP contribution in [0.3, 0.4) is 0 Å². The Hall–Kier alpha value is -0.590. The molecule has 1 aromatic carbocycles. The second kappa shape index (κ2) is 11.4. The molecule has 27 heavy (non-hydrogen) atoms. The molecule has 0 aromatic heterocycles. The van der Waals surface area contributed by atoms with E-state index in [0.29, 0.717) is 6.10 Å². The van der Waals surface area contributed by atoms with Gasteiger partial charge in [0.1, 0.15) is 0 Å². The number of nitrogens with zero attached hydrogens (tertiary/aromatic N) is 2. The minimum absolute atomic E-state index is 0.426. The van der Waals surface area contributed by atoms with E-state index in [1.54, 1.807) is 7.11 Å². The van der Waals surface area contributed by atoms with Gasteiger partial charge in [0, 0.05) is 44.8 Å². The van der Waals surface area contributed by atoms with Gasteiger partial charge in [-0.05, 0) is 68.6 Å². The number of methoxy groups -OCH3 is 1. The van der Waals surface area contributed by atoms with Crippen LogP contribution >= 0.6 is 11.8 Å². The monoisotopic (exact) mass is 392 g/mol. The van der Waals surface area contributed by atoms with Crippen LogP contribution in [0.4, 0.5) is 0 Å². The van der Waals surface area contributed by atoms with Crippen LogP contribution in [0, 0.1) is 5.92 Å². The molecule has 2 heterocycles. The van der Waals surface area contributed by atoms with Gasteiger partial charge in [0.05, 0.1) is 12.7 Å². The normalized spacial score (nSPS) is 22.0. The molecule has 0 N–H and O–H groups in total. The highest BCUT2D eigenvalue weighted by atomic mass is 32.2. The third kappa shape index (κ3) is 7.06. The van der Waals surface area contributed by atoms with Crippen molar-refractivity contribution in [2.45, 2.75) is 43.2 Å². The van der Waals surface area contributed by atoms with Crippen molar-refractivity contribution in [1.82, 2.24) is 9.80 Å². The number of rotatable bonds is 10. The molecule has 152 valence electrons. The van der Waals surface area contributed by atoms with Crippen LogP contribution in [0.2, 0.25) is 0 Å². The van der Waals surface area contributed by atoms with Crippen LogP contribution in [0.5, 0.6) is 0 Å². The summed E-state index contributed by atoms with van der Waals surface area (Å²) in [4.78, 5) is 6.56. The van der Waals surface area contributed by atoms with E-state index in [9.17, 15) is 0 Å². The number of hydrogen-bond acceptors (Lipinski definition) is 5. The highest BCUT2D eigenvalue weighted by molar-refractivity contribution is 7.98. The van der Waals surface area contributed by atoms with E-state index in [-0.39, 0.29) is 0 Å². The number of benzene rings is 1. The number of ether oxygens (including phenoxy) is 2. The number of thioether (sulfide) groups is 1. The molecule has 4 nitrogen and oxygen atoms in total. The Bertz CT molecular complexity index is 543. The lowest BCUT2D eigenvalue weighted by molar-refractivity contribution is 0.0551. The maximum Gasteiger partial charge on any atom is 0.0702 e. The molecule has 3 rings (SSSR count). The molecule has 2 aliphatic rings. The summed E-state index contributed by atoms with van der Waals surface area (Å²) in [6.45, 7) is 8.60. The van der Waals surface area contributed by atoms with Crippen molar-refractivity contribution in [3.63, 3.8) is 0 Å². The molecule has 2 aliphatic heterocycles. The van der Waals surface area contributed by atoms with Crippen molar-refractivity contribution in [3.8, 4) is 0 Å². The summed E-state index contributed by atoms with van der Waals surface area (Å²) < 4.78 is 11.2. The van der Waals surface area contributed by atoms with E-state index in [4.69, 9.17) is 9.47 Å². The van der Waals surface area contributed by atoms with E-state index in [1.165, 1.54) is 55.8 Å². The van der Waals surface area contributed by atoms with Crippen molar-refractivity contribution in [2.24, 2.45) is 5.92 Å². The minimum Gasteiger partial charge on any atom is -0.383 e. The molecular formula is C22H36N2O2S. The van der Waals surface area contributed by atoms with Crippen LogP contribution in [0.15, 0.2) is 29.2 Å². The van der Waals surface area contributed by atoms with Crippen LogP contribution in [0.25, 0.3) is 0 Å². The van der Waals surface area contributed by atoms with Gasteiger partial charge in [-0.25, -0.2) is 0 Å². The maximum atomic E-state index is 5.95. The average Bonchev–Trinajstić information content (AvgIpc) is 3.20. The third-order valence-electron chi connectivity index (χ3n) is 5.86. The second-order valence-corrected chi connectivity index (χ2v) is 8.84. The molecule has 0 amide bonds. The first kappa shape index (κ1) is 21.1. The largest absolute Gasteiger partial charge is 0.383 e. The number of likely N-dealkylation sites (tertiary alicyclic amines) is 1. The zero-order valence-corrected chi connectivity index (χ0v) is 17.9. The fourth-order valence-electron chi connectivity index (χ4n) is 4.29. The first-order chi connectivity index (χ1) is 13.3. The minimum atomic E-state index is 0.426. The Kier molecular flexibility index (Phi) is 8.94. The lowest BCUT2D eigenvalue weighted by atomic mass is 9.95. The zero-order valence-electron chi connectivity index (χ0n) is 17.1. The molecule has 0 saturated carbocycles. The topological polar surface area (TPSA) is 24.9 Å². The first-order valence-electron chi connectivity index (χ1n) is 10.4. The van der Waals surface area contributed by atoms with Crippen molar-refractivity contribution in [2.75, 3.05) is 59.3 Å². The van der Waals surface area contributed by atoms with Gasteiger partial charge in [0.25, 0.3) is 0 Å². The third-order valence-corrected chi connectivity index (χ3v) is 6.59. The molecule has 0 unspecified atom stereocenters. The summed E-state index contributed by atoms with van der Waals surface area (Å²) in [5.41, 5.74) is 1.43. The Labute approximate surface area is 169 Å². The summed E-state index contributed by atoms with van der Waals surface area (Å²) in [6, 6.07) is 9.02. The quantitative estimate of drug-likeness (QED) is 0.565. The van der Waals surface area contributed by atoms with Crippen molar-refractivity contribution < 1.29 is 9.47 Å². The molecule has 2 fully saturated rings. The van der Waals surface area contributed by atoms with Gasteiger partial charge in [-0.15, -0.1) is 11.8 Å². The standard InChI is InChI=1S/C22H36N2O2S/c1-25-14-12-23-10-8-19(9-11-23)16-24(18-21-6-4-13-26-21)17-20-5-3-7-22(15-20)27-2/h3,5,7,15,19,21H,4,6,8-14,16-18H2,1-2H3/t21-/m1/s1. The molecular weight excluding hydrogens is 356 g/mol. The molecule has 0 radical (unpaired) electrons. The van der Waals surface area contributed by atoms with Crippen molar-refractivity contribution in [3.05, 3.63) is 29.8 Å². The molecule has 5 heteroatoms. The lowest BCUT2D eigenvalue weighted by Gasteiger charge is -2.35. The predicted octanol–water partition coefficient (Wildman–Crippen LogP) is 3.75. The second-order valence-electron chi connectivity index (χ2n) is 7.96. The Morgan fingerprint density at radius 1 is 1.22 bits per heavy atom. The van der Waals surface area contributed by atoms with E-state index >= 15 is 0 Å². The number of hydrogen-bond donors (Lipinski definition) is 0. The first-order valence-corrected chi connectivity index (χ1v) is 11.7. The van der Waals surface area contributed by atoms with E-state index in [0.717, 1.165) is 38.8 Å².